The first-order chi connectivity index (χ1) is 8.45. The number of carbonyl (C=O) groups excluding carboxylic acids is 1. The zero-order chi connectivity index (χ0) is 13.7. The molecule has 0 aliphatic carbocycles. The number of nitrogens with one attached hydrogen (secondary N) is 1. The van der Waals surface area contributed by atoms with Crippen LogP contribution in [0.15, 0.2) is 12.1 Å². The fraction of sp³-hybridized carbons (Fsp3) is 0.417. The highest BCUT2D eigenvalue weighted by Gasteiger charge is 2.14. The Morgan fingerprint density at radius 3 is 2.50 bits per heavy atom. The van der Waals surface area contributed by atoms with Gasteiger partial charge in [-0.1, -0.05) is 0 Å². The molecule has 1 aromatic carbocycles. The van der Waals surface area contributed by atoms with Crippen molar-refractivity contribution in [3.05, 3.63) is 29.3 Å². The van der Waals surface area contributed by atoms with E-state index in [1.807, 2.05) is 0 Å². The number of halogens is 2. The monoisotopic (exact) mass is 258 g/mol. The van der Waals surface area contributed by atoms with Crippen LogP contribution in [0.1, 0.15) is 23.7 Å². The summed E-state index contributed by atoms with van der Waals surface area (Å²) in [7, 11) is 1.55. The van der Waals surface area contributed by atoms with Gasteiger partial charge in [0.2, 0.25) is 0 Å². The van der Waals surface area contributed by atoms with E-state index in [4.69, 9.17) is 10.5 Å². The lowest BCUT2D eigenvalue weighted by Gasteiger charge is -2.13. The summed E-state index contributed by atoms with van der Waals surface area (Å²) in [6.07, 6.45) is 0.613. The van der Waals surface area contributed by atoms with Gasteiger partial charge in [-0.3, -0.25) is 4.79 Å². The first-order valence-electron chi connectivity index (χ1n) is 5.50. The summed E-state index contributed by atoms with van der Waals surface area (Å²) in [6, 6.07) is 1.68. The molecule has 1 atom stereocenters. The fourth-order valence-electron chi connectivity index (χ4n) is 1.39. The lowest BCUT2D eigenvalue weighted by atomic mass is 10.1. The number of hydrogen-bond donors (Lipinski definition) is 2. The van der Waals surface area contributed by atoms with Crippen molar-refractivity contribution in [1.29, 1.82) is 0 Å². The van der Waals surface area contributed by atoms with Crippen molar-refractivity contribution >= 4 is 11.6 Å². The second-order valence-corrected chi connectivity index (χ2v) is 4.01. The molecule has 0 saturated heterocycles. The van der Waals surface area contributed by atoms with Gasteiger partial charge in [-0.15, -0.1) is 0 Å². The first kappa shape index (κ1) is 14.4. The number of rotatable bonds is 5. The highest BCUT2D eigenvalue weighted by Crippen LogP contribution is 2.17. The van der Waals surface area contributed by atoms with E-state index in [9.17, 15) is 13.6 Å². The van der Waals surface area contributed by atoms with Crippen LogP contribution in [-0.4, -0.2) is 25.7 Å². The van der Waals surface area contributed by atoms with Crippen LogP contribution in [0.4, 0.5) is 14.5 Å². The zero-order valence-corrected chi connectivity index (χ0v) is 10.3. The van der Waals surface area contributed by atoms with Gasteiger partial charge >= 0.3 is 0 Å². The lowest BCUT2D eigenvalue weighted by molar-refractivity contribution is 0.0928. The number of nitrogens with two attached hydrogens (primary N) is 1. The quantitative estimate of drug-likeness (QED) is 0.790. The Hall–Kier alpha value is -1.69. The molecule has 0 spiro atoms. The second kappa shape index (κ2) is 6.30. The Bertz CT molecular complexity index is 415. The molecule has 0 radical (unpaired) electrons. The number of carbonyl (C=O) groups is 1. The van der Waals surface area contributed by atoms with Crippen LogP contribution in [0.2, 0.25) is 0 Å². The molecule has 3 N–H and O–H groups in total. The summed E-state index contributed by atoms with van der Waals surface area (Å²) in [5.41, 5.74) is 4.44. The summed E-state index contributed by atoms with van der Waals surface area (Å²) >= 11 is 0. The van der Waals surface area contributed by atoms with E-state index in [1.54, 1.807) is 14.0 Å². The summed E-state index contributed by atoms with van der Waals surface area (Å²) in [5.74, 6) is -2.43. The van der Waals surface area contributed by atoms with Crippen LogP contribution >= 0.6 is 0 Å². The predicted octanol–water partition coefficient (Wildman–Crippen LogP) is 1.70. The summed E-state index contributed by atoms with van der Waals surface area (Å²) in [5, 5.41) is 2.61. The molecule has 1 amide bonds. The normalized spacial score (nSPS) is 12.2. The molecule has 0 bridgehead atoms. The third-order valence-electron chi connectivity index (χ3n) is 2.47. The zero-order valence-electron chi connectivity index (χ0n) is 10.3. The highest BCUT2D eigenvalue weighted by molar-refractivity contribution is 5.94. The van der Waals surface area contributed by atoms with Crippen molar-refractivity contribution in [3.8, 4) is 0 Å². The number of methoxy groups -OCH3 is 1. The molecular weight excluding hydrogens is 242 g/mol. The number of ether oxygens (including phenoxy) is 1. The van der Waals surface area contributed by atoms with Crippen LogP contribution in [0.5, 0.6) is 0 Å². The Balaban J connectivity index is 2.73. The Morgan fingerprint density at radius 2 is 2.00 bits per heavy atom. The maximum absolute atomic E-state index is 13.2. The maximum Gasteiger partial charge on any atom is 0.251 e. The number of anilines is 1. The molecule has 1 unspecified atom stereocenters. The molecule has 0 aromatic heterocycles. The number of nitrogen functional groups attached to an aromatic ring is 1. The molecule has 1 aromatic rings. The molecule has 0 aliphatic rings. The predicted molar refractivity (Wildman–Crippen MR) is 64.2 cm³/mol. The number of hydrogen-bond acceptors (Lipinski definition) is 3. The van der Waals surface area contributed by atoms with Crippen molar-refractivity contribution in [1.82, 2.24) is 5.32 Å². The average molecular weight is 258 g/mol. The molecule has 0 heterocycles. The van der Waals surface area contributed by atoms with Gasteiger partial charge in [-0.2, -0.15) is 0 Å². The fourth-order valence-corrected chi connectivity index (χ4v) is 1.39. The van der Waals surface area contributed by atoms with E-state index < -0.39 is 23.2 Å². The standard InChI is InChI=1S/C12H16F2N2O2/c1-7(3-4-18-2)16-12(17)8-5-9(13)11(15)10(14)6-8/h5-7H,3-4,15H2,1-2H3,(H,16,17). The van der Waals surface area contributed by atoms with Crippen LogP contribution in [0.3, 0.4) is 0 Å². The van der Waals surface area contributed by atoms with Gasteiger partial charge < -0.3 is 15.8 Å². The van der Waals surface area contributed by atoms with Crippen molar-refractivity contribution in [2.45, 2.75) is 19.4 Å². The van der Waals surface area contributed by atoms with Gasteiger partial charge in [0.05, 0.1) is 0 Å². The minimum atomic E-state index is -0.940. The molecule has 18 heavy (non-hydrogen) atoms. The van der Waals surface area contributed by atoms with Gasteiger partial charge in [-0.25, -0.2) is 8.78 Å². The molecule has 0 fully saturated rings. The van der Waals surface area contributed by atoms with Crippen LogP contribution in [-0.2, 0) is 4.74 Å². The highest BCUT2D eigenvalue weighted by atomic mass is 19.1. The van der Waals surface area contributed by atoms with Gasteiger partial charge in [0.1, 0.15) is 17.3 Å². The van der Waals surface area contributed by atoms with Crippen molar-refractivity contribution in [2.75, 3.05) is 19.5 Å². The largest absolute Gasteiger partial charge is 0.394 e. The van der Waals surface area contributed by atoms with Crippen LogP contribution in [0.25, 0.3) is 0 Å². The van der Waals surface area contributed by atoms with Gasteiger partial charge in [0, 0.05) is 25.3 Å². The second-order valence-electron chi connectivity index (χ2n) is 4.01. The van der Waals surface area contributed by atoms with E-state index in [-0.39, 0.29) is 11.6 Å². The van der Waals surface area contributed by atoms with E-state index in [2.05, 4.69) is 5.32 Å². The van der Waals surface area contributed by atoms with Gasteiger partial charge in [-0.05, 0) is 25.5 Å². The first-order valence-corrected chi connectivity index (χ1v) is 5.50. The Labute approximate surface area is 104 Å². The Kier molecular flexibility index (Phi) is 5.03. The van der Waals surface area contributed by atoms with Gasteiger partial charge in [0.15, 0.2) is 0 Å². The van der Waals surface area contributed by atoms with Crippen LogP contribution < -0.4 is 11.1 Å². The molecule has 4 nitrogen and oxygen atoms in total. The smallest absolute Gasteiger partial charge is 0.251 e. The number of amides is 1. The van der Waals surface area contributed by atoms with E-state index >= 15 is 0 Å². The van der Waals surface area contributed by atoms with Gasteiger partial charge in [0.25, 0.3) is 5.91 Å². The summed E-state index contributed by atoms with van der Waals surface area (Å²) in [4.78, 5) is 11.7. The van der Waals surface area contributed by atoms with Crippen molar-refractivity contribution < 1.29 is 18.3 Å². The van der Waals surface area contributed by atoms with Crippen LogP contribution in [0, 0.1) is 11.6 Å². The molecule has 0 saturated carbocycles. The molecule has 1 rings (SSSR count). The third-order valence-corrected chi connectivity index (χ3v) is 2.47. The number of benzene rings is 1. The summed E-state index contributed by atoms with van der Waals surface area (Å²) < 4.78 is 31.2. The third kappa shape index (κ3) is 3.66. The molecule has 6 heteroatoms. The topological polar surface area (TPSA) is 64.3 Å². The van der Waals surface area contributed by atoms with E-state index in [1.165, 1.54) is 0 Å². The van der Waals surface area contributed by atoms with E-state index in [0.717, 1.165) is 12.1 Å². The van der Waals surface area contributed by atoms with Crippen molar-refractivity contribution in [2.24, 2.45) is 0 Å². The molecule has 100 valence electrons. The minimum absolute atomic E-state index is 0.0940. The molecule has 0 aliphatic heterocycles. The average Bonchev–Trinajstić information content (AvgIpc) is 2.32. The van der Waals surface area contributed by atoms with Crippen molar-refractivity contribution in [3.63, 3.8) is 0 Å². The molecular formula is C12H16F2N2O2. The summed E-state index contributed by atoms with van der Waals surface area (Å²) in [6.45, 7) is 2.27. The maximum atomic E-state index is 13.2. The SMILES string of the molecule is COCCC(C)NC(=O)c1cc(F)c(N)c(F)c1. The minimum Gasteiger partial charge on any atom is -0.394 e. The van der Waals surface area contributed by atoms with E-state index in [0.29, 0.717) is 13.0 Å². The lowest BCUT2D eigenvalue weighted by Crippen LogP contribution is -2.33. The Morgan fingerprint density at radius 1 is 1.44 bits per heavy atom.